The Morgan fingerprint density at radius 2 is 0.566 bits per heavy atom. The van der Waals surface area contributed by atoms with Crippen LogP contribution in [0.1, 0.15) is 0 Å². The minimum Gasteiger partial charge on any atom is -0.456 e. The molecule has 0 fully saturated rings. The first kappa shape index (κ1) is 42.2. The van der Waals surface area contributed by atoms with Gasteiger partial charge in [-0.2, -0.15) is 0 Å². The van der Waals surface area contributed by atoms with Gasteiger partial charge in [-0.3, -0.25) is 0 Å². The lowest BCUT2D eigenvalue weighted by molar-refractivity contribution is 0.668. The van der Waals surface area contributed by atoms with Crippen LogP contribution in [0.25, 0.3) is 110 Å². The molecule has 0 aliphatic heterocycles. The van der Waals surface area contributed by atoms with Crippen LogP contribution in [0.15, 0.2) is 276 Å². The van der Waals surface area contributed by atoms with Crippen molar-refractivity contribution in [2.45, 2.75) is 0 Å². The molecule has 356 valence electrons. The van der Waals surface area contributed by atoms with E-state index in [0.29, 0.717) is 0 Å². The Kier molecular flexibility index (Phi) is 9.23. The van der Waals surface area contributed by atoms with Gasteiger partial charge in [0.05, 0.1) is 22.1 Å². The number of benzene rings is 12. The summed E-state index contributed by atoms with van der Waals surface area (Å²) in [4.78, 5) is 4.72. The second kappa shape index (κ2) is 16.6. The van der Waals surface area contributed by atoms with Crippen molar-refractivity contribution in [2.24, 2.45) is 0 Å². The van der Waals surface area contributed by atoms with Crippen molar-refractivity contribution in [3.05, 3.63) is 267 Å². The van der Waals surface area contributed by atoms with E-state index in [1.54, 1.807) is 0 Å². The summed E-state index contributed by atoms with van der Waals surface area (Å²) in [5.41, 5.74) is 16.6. The topological polar surface area (TPSA) is 42.6 Å². The number of para-hydroxylation sites is 6. The van der Waals surface area contributed by atoms with Gasteiger partial charge < -0.3 is 27.8 Å². The molecular formula is C70H44N4O2. The molecule has 0 N–H and O–H groups in total. The molecule has 0 saturated heterocycles. The normalized spacial score (nSPS) is 11.9. The molecule has 0 unspecified atom stereocenters. The van der Waals surface area contributed by atoms with Gasteiger partial charge in [-0.15, -0.1) is 0 Å². The van der Waals surface area contributed by atoms with Crippen LogP contribution >= 0.6 is 0 Å². The lowest BCUT2D eigenvalue weighted by Gasteiger charge is -2.26. The molecule has 6 nitrogen and oxygen atoms in total. The van der Waals surface area contributed by atoms with Gasteiger partial charge in [0.1, 0.15) is 22.3 Å². The van der Waals surface area contributed by atoms with Gasteiger partial charge in [-0.05, 0) is 144 Å². The van der Waals surface area contributed by atoms with Crippen LogP contribution in [0, 0.1) is 0 Å². The summed E-state index contributed by atoms with van der Waals surface area (Å²) in [6.07, 6.45) is 0. The zero-order valence-corrected chi connectivity index (χ0v) is 41.0. The molecule has 0 radical (unpaired) electrons. The maximum atomic E-state index is 6.30. The van der Waals surface area contributed by atoms with E-state index in [-0.39, 0.29) is 0 Å². The predicted octanol–water partition coefficient (Wildman–Crippen LogP) is 19.8. The monoisotopic (exact) mass is 972 g/mol. The lowest BCUT2D eigenvalue weighted by Crippen LogP contribution is -2.10. The van der Waals surface area contributed by atoms with Crippen molar-refractivity contribution >= 4 is 132 Å². The smallest absolute Gasteiger partial charge is 0.135 e. The molecular weight excluding hydrogens is 929 g/mol. The number of hydrogen-bond donors (Lipinski definition) is 0. The molecule has 0 bridgehead atoms. The zero-order chi connectivity index (χ0) is 49.8. The molecule has 0 atom stereocenters. The maximum Gasteiger partial charge on any atom is 0.135 e. The highest BCUT2D eigenvalue weighted by Crippen LogP contribution is 2.47. The summed E-state index contributed by atoms with van der Waals surface area (Å²) in [5, 5.41) is 11.6. The zero-order valence-electron chi connectivity index (χ0n) is 41.0. The minimum atomic E-state index is 0.873. The SMILES string of the molecule is c1ccc(N(c2ccc3oc4ccccc4c3c2)c2ccc3c4c5ccc6c(c5ccc4n(-c4ccccc4)c3c2)c2ccc(N(c3ccccc3)c3ccc4oc5ccccc5c4c3)cc2n6-c2ccccc2)cc1. The third-order valence-corrected chi connectivity index (χ3v) is 15.4. The number of furan rings is 2. The van der Waals surface area contributed by atoms with Crippen LogP contribution in [-0.4, -0.2) is 9.13 Å². The predicted molar refractivity (Wildman–Crippen MR) is 317 cm³/mol. The second-order valence-electron chi connectivity index (χ2n) is 19.7. The summed E-state index contributed by atoms with van der Waals surface area (Å²) >= 11 is 0. The highest BCUT2D eigenvalue weighted by molar-refractivity contribution is 6.30. The minimum absolute atomic E-state index is 0.873. The number of rotatable bonds is 8. The molecule has 6 heteroatoms. The van der Waals surface area contributed by atoms with Crippen LogP contribution in [0.3, 0.4) is 0 Å². The Balaban J connectivity index is 0.926. The third kappa shape index (κ3) is 6.41. The van der Waals surface area contributed by atoms with Crippen molar-refractivity contribution in [3.63, 3.8) is 0 Å². The fourth-order valence-corrected chi connectivity index (χ4v) is 12.2. The maximum absolute atomic E-state index is 6.30. The van der Waals surface area contributed by atoms with E-state index >= 15 is 0 Å². The van der Waals surface area contributed by atoms with Crippen LogP contribution < -0.4 is 9.80 Å². The molecule has 0 aliphatic rings. The summed E-state index contributed by atoms with van der Waals surface area (Å²) in [6.45, 7) is 0. The Morgan fingerprint density at radius 3 is 1.00 bits per heavy atom. The van der Waals surface area contributed by atoms with Crippen molar-refractivity contribution in [1.82, 2.24) is 9.13 Å². The number of fused-ring (bicyclic) bond motifs is 15. The number of nitrogens with zero attached hydrogens (tertiary/aromatic N) is 4. The summed E-state index contributed by atoms with van der Waals surface area (Å²) in [6, 6.07) is 95.9. The van der Waals surface area contributed by atoms with Crippen molar-refractivity contribution in [1.29, 1.82) is 0 Å². The molecule has 16 aromatic rings. The Labute approximate surface area is 436 Å². The van der Waals surface area contributed by atoms with Crippen LogP contribution in [0.5, 0.6) is 0 Å². The van der Waals surface area contributed by atoms with E-state index in [1.165, 1.54) is 32.3 Å². The van der Waals surface area contributed by atoms with Crippen LogP contribution in [-0.2, 0) is 0 Å². The molecule has 4 aromatic heterocycles. The quantitative estimate of drug-likeness (QED) is 0.152. The molecule has 4 heterocycles. The molecule has 16 rings (SSSR count). The third-order valence-electron chi connectivity index (χ3n) is 15.4. The average molecular weight is 973 g/mol. The molecule has 0 spiro atoms. The summed E-state index contributed by atoms with van der Waals surface area (Å²) in [7, 11) is 0. The Morgan fingerprint density at radius 1 is 0.224 bits per heavy atom. The van der Waals surface area contributed by atoms with E-state index in [0.717, 1.165) is 111 Å². The van der Waals surface area contributed by atoms with Gasteiger partial charge in [-0.25, -0.2) is 0 Å². The fraction of sp³-hybridized carbons (Fsp3) is 0. The Bertz CT molecular complexity index is 4620. The van der Waals surface area contributed by atoms with Crippen molar-refractivity contribution in [3.8, 4) is 11.4 Å². The lowest BCUT2D eigenvalue weighted by atomic mass is 9.99. The van der Waals surface area contributed by atoms with E-state index in [2.05, 4.69) is 262 Å². The van der Waals surface area contributed by atoms with E-state index in [9.17, 15) is 0 Å². The van der Waals surface area contributed by atoms with E-state index in [1.807, 2.05) is 24.3 Å². The number of hydrogen-bond acceptors (Lipinski definition) is 4. The number of aromatic nitrogens is 2. The first-order valence-electron chi connectivity index (χ1n) is 25.8. The second-order valence-corrected chi connectivity index (χ2v) is 19.7. The van der Waals surface area contributed by atoms with E-state index in [4.69, 9.17) is 8.83 Å². The van der Waals surface area contributed by atoms with Gasteiger partial charge in [-0.1, -0.05) is 133 Å². The van der Waals surface area contributed by atoms with Gasteiger partial charge in [0.25, 0.3) is 0 Å². The first-order valence-corrected chi connectivity index (χ1v) is 25.8. The van der Waals surface area contributed by atoms with Crippen molar-refractivity contribution in [2.75, 3.05) is 9.80 Å². The number of anilines is 6. The Hall–Kier alpha value is -10.3. The molecule has 0 aliphatic carbocycles. The molecule has 0 saturated carbocycles. The van der Waals surface area contributed by atoms with Gasteiger partial charge in [0, 0.05) is 88.6 Å². The van der Waals surface area contributed by atoms with Gasteiger partial charge >= 0.3 is 0 Å². The molecule has 0 amide bonds. The molecule has 12 aromatic carbocycles. The van der Waals surface area contributed by atoms with Crippen LogP contribution in [0.4, 0.5) is 34.1 Å². The van der Waals surface area contributed by atoms with Crippen LogP contribution in [0.2, 0.25) is 0 Å². The highest BCUT2D eigenvalue weighted by Gasteiger charge is 2.24. The average Bonchev–Trinajstić information content (AvgIpc) is 4.30. The van der Waals surface area contributed by atoms with Gasteiger partial charge in [0.15, 0.2) is 0 Å². The fourth-order valence-electron chi connectivity index (χ4n) is 12.2. The van der Waals surface area contributed by atoms with Gasteiger partial charge in [0.2, 0.25) is 0 Å². The summed E-state index contributed by atoms with van der Waals surface area (Å²) in [5.74, 6) is 0. The largest absolute Gasteiger partial charge is 0.456 e. The van der Waals surface area contributed by atoms with E-state index < -0.39 is 0 Å². The molecule has 76 heavy (non-hydrogen) atoms. The standard InChI is InChI=1S/C70H44N4O2/c1-5-17-45(18-6-1)71(49-31-39-67-59(41-49)53-25-13-15-27-65(53)75-67)51-29-33-57-63(43-51)73(47-21-9-3-10-22-47)61-37-35-56-55(69(57)61)36-38-62-70(56)58-34-30-52(44-64(58)74(62)48-23-11-4-12-24-48)72(46-19-7-2-8-20-46)50-32-40-68-60(42-50)54-26-14-16-28-66(54)76-68/h1-44H. The summed E-state index contributed by atoms with van der Waals surface area (Å²) < 4.78 is 17.5. The first-order chi connectivity index (χ1) is 37.7. The van der Waals surface area contributed by atoms with Crippen molar-refractivity contribution < 1.29 is 8.83 Å². The highest BCUT2D eigenvalue weighted by atomic mass is 16.3.